The van der Waals surface area contributed by atoms with Crippen LogP contribution in [0.15, 0.2) is 70.9 Å². The molecule has 10 heteroatoms. The lowest BCUT2D eigenvalue weighted by atomic mass is 9.88. The van der Waals surface area contributed by atoms with Crippen molar-refractivity contribution >= 4 is 36.1 Å². The Morgan fingerprint density at radius 1 is 0.706 bits per heavy atom. The molecule has 0 aromatic heterocycles. The van der Waals surface area contributed by atoms with Crippen molar-refractivity contribution in [2.24, 2.45) is 22.0 Å². The normalized spacial score (nSPS) is 24.2. The molecule has 174 valence electrons. The molecule has 0 aliphatic carbocycles. The second-order valence-corrected chi connectivity index (χ2v) is 7.99. The Morgan fingerprint density at radius 2 is 1.09 bits per heavy atom. The first-order valence-electron chi connectivity index (χ1n) is 10.9. The van der Waals surface area contributed by atoms with E-state index in [0.29, 0.717) is 13.1 Å². The van der Waals surface area contributed by atoms with Gasteiger partial charge in [-0.25, -0.2) is 10.9 Å². The van der Waals surface area contributed by atoms with Crippen LogP contribution in [-0.4, -0.2) is 49.1 Å². The summed E-state index contributed by atoms with van der Waals surface area (Å²) in [4.78, 5) is 49.4. The number of carbonyl (C=O) groups excluding carboxylic acids is 4. The molecule has 4 atom stereocenters. The van der Waals surface area contributed by atoms with Gasteiger partial charge in [-0.3, -0.25) is 19.2 Å². The van der Waals surface area contributed by atoms with Crippen LogP contribution in [0.2, 0.25) is 0 Å². The van der Waals surface area contributed by atoms with Crippen LogP contribution in [0.5, 0.6) is 0 Å². The maximum Gasteiger partial charge on any atom is 0.253 e. The molecule has 34 heavy (non-hydrogen) atoms. The van der Waals surface area contributed by atoms with Gasteiger partial charge in [-0.2, -0.15) is 10.2 Å². The van der Waals surface area contributed by atoms with Gasteiger partial charge in [0, 0.05) is 24.9 Å². The summed E-state index contributed by atoms with van der Waals surface area (Å²) < 4.78 is 0. The van der Waals surface area contributed by atoms with Crippen LogP contribution in [0.3, 0.4) is 0 Å². The van der Waals surface area contributed by atoms with Crippen LogP contribution in [0, 0.1) is 11.8 Å². The molecule has 4 N–H and O–H groups in total. The van der Waals surface area contributed by atoms with Gasteiger partial charge in [0.15, 0.2) is 0 Å². The minimum absolute atomic E-state index is 0.285. The van der Waals surface area contributed by atoms with Gasteiger partial charge < -0.3 is 10.6 Å². The van der Waals surface area contributed by atoms with Crippen molar-refractivity contribution in [1.29, 1.82) is 0 Å². The highest BCUT2D eigenvalue weighted by atomic mass is 16.2. The molecule has 0 unspecified atom stereocenters. The van der Waals surface area contributed by atoms with E-state index in [1.165, 1.54) is 12.4 Å². The molecule has 2 aromatic carbocycles. The van der Waals surface area contributed by atoms with Crippen molar-refractivity contribution < 1.29 is 19.2 Å². The molecule has 0 spiro atoms. The zero-order chi connectivity index (χ0) is 23.9. The van der Waals surface area contributed by atoms with Crippen LogP contribution in [0.25, 0.3) is 0 Å². The topological polar surface area (TPSA) is 141 Å². The number of hydrogen-bond acceptors (Lipinski definition) is 6. The summed E-state index contributed by atoms with van der Waals surface area (Å²) in [5.74, 6) is -4.15. The van der Waals surface area contributed by atoms with Crippen LogP contribution in [-0.2, 0) is 19.2 Å². The number of rotatable bonds is 7. The molecule has 0 saturated carbocycles. The summed E-state index contributed by atoms with van der Waals surface area (Å²) in [5, 5.41) is 13.0. The molecular formula is C24H24N6O4. The molecule has 0 radical (unpaired) electrons. The zero-order valence-electron chi connectivity index (χ0n) is 18.2. The monoisotopic (exact) mass is 460 g/mol. The van der Waals surface area contributed by atoms with E-state index >= 15 is 0 Å². The Bertz CT molecular complexity index is 1030. The lowest BCUT2D eigenvalue weighted by Gasteiger charge is -2.15. The number of hydrazone groups is 2. The van der Waals surface area contributed by atoms with E-state index < -0.39 is 23.7 Å². The average molecular weight is 460 g/mol. The molecule has 2 aliphatic rings. The van der Waals surface area contributed by atoms with Gasteiger partial charge in [-0.05, 0) is 11.1 Å². The Hall–Kier alpha value is -4.34. The Kier molecular flexibility index (Phi) is 7.07. The van der Waals surface area contributed by atoms with Crippen molar-refractivity contribution in [3.05, 3.63) is 71.8 Å². The Labute approximate surface area is 195 Å². The third kappa shape index (κ3) is 5.01. The van der Waals surface area contributed by atoms with Crippen LogP contribution >= 0.6 is 0 Å². The summed E-state index contributed by atoms with van der Waals surface area (Å²) in [6.45, 7) is 0.744. The van der Waals surface area contributed by atoms with Gasteiger partial charge in [0.05, 0.1) is 12.4 Å². The Balaban J connectivity index is 1.29. The third-order valence-electron chi connectivity index (χ3n) is 5.95. The minimum atomic E-state index is -0.896. The smallest absolute Gasteiger partial charge is 0.253 e. The number of carbonyl (C=O) groups is 4. The maximum atomic E-state index is 12.5. The summed E-state index contributed by atoms with van der Waals surface area (Å²) in [7, 11) is 0. The zero-order valence-corrected chi connectivity index (χ0v) is 18.2. The van der Waals surface area contributed by atoms with E-state index in [2.05, 4.69) is 31.7 Å². The van der Waals surface area contributed by atoms with Gasteiger partial charge in [0.25, 0.3) is 11.8 Å². The second-order valence-electron chi connectivity index (χ2n) is 7.99. The first kappa shape index (κ1) is 22.8. The van der Waals surface area contributed by atoms with E-state index in [4.69, 9.17) is 0 Å². The van der Waals surface area contributed by atoms with E-state index in [9.17, 15) is 19.2 Å². The molecule has 4 amide bonds. The van der Waals surface area contributed by atoms with Gasteiger partial charge in [0.1, 0.15) is 11.8 Å². The number of nitrogens with one attached hydrogen (secondary N) is 4. The molecule has 0 bridgehead atoms. The summed E-state index contributed by atoms with van der Waals surface area (Å²) in [6.07, 6.45) is 2.35. The molecule has 10 nitrogen and oxygen atoms in total. The van der Waals surface area contributed by atoms with Crippen molar-refractivity contribution in [3.8, 4) is 0 Å². The maximum absolute atomic E-state index is 12.5. The SMILES string of the molecule is O=C1NC[C@H](c2ccccc2)[C@@H]1C(=O)N/N=C\C=N/NC(=O)[C@@H]1C(=O)NC[C@H]1c1ccccc1. The first-order valence-corrected chi connectivity index (χ1v) is 10.9. The fraction of sp³-hybridized carbons (Fsp3) is 0.250. The molecule has 2 aliphatic heterocycles. The first-order chi connectivity index (χ1) is 16.6. The van der Waals surface area contributed by atoms with Crippen LogP contribution in [0.1, 0.15) is 23.0 Å². The van der Waals surface area contributed by atoms with Crippen molar-refractivity contribution in [2.45, 2.75) is 11.8 Å². The fourth-order valence-electron chi connectivity index (χ4n) is 4.27. The minimum Gasteiger partial charge on any atom is -0.355 e. The van der Waals surface area contributed by atoms with E-state index in [1.54, 1.807) is 0 Å². The molecular weight excluding hydrogens is 436 g/mol. The van der Waals surface area contributed by atoms with Gasteiger partial charge in [-0.15, -0.1) is 0 Å². The van der Waals surface area contributed by atoms with Crippen molar-refractivity contribution in [3.63, 3.8) is 0 Å². The predicted octanol–water partition coefficient (Wildman–Crippen LogP) is 0.250. The number of benzene rings is 2. The standard InChI is InChI=1S/C24H24N6O4/c31-21-19(17(13-25-21)15-7-3-1-4-8-15)23(33)29-27-11-12-28-30-24(34)20-18(14-26-22(20)32)16-9-5-2-6-10-16/h1-12,17-20H,13-14H2,(H,25,31)(H,26,32)(H,29,33)(H,30,34)/b27-11-,28-12-/t17-,18+,19-,20-/m0/s1. The van der Waals surface area contributed by atoms with Gasteiger partial charge in [-0.1, -0.05) is 60.7 Å². The fourth-order valence-corrected chi connectivity index (χ4v) is 4.27. The largest absolute Gasteiger partial charge is 0.355 e. The van der Waals surface area contributed by atoms with Gasteiger partial charge >= 0.3 is 0 Å². The van der Waals surface area contributed by atoms with Crippen LogP contribution < -0.4 is 21.5 Å². The summed E-state index contributed by atoms with van der Waals surface area (Å²) in [6, 6.07) is 18.6. The van der Waals surface area contributed by atoms with E-state index in [0.717, 1.165) is 11.1 Å². The lowest BCUT2D eigenvalue weighted by Crippen LogP contribution is -2.35. The molecule has 2 fully saturated rings. The molecule has 2 aromatic rings. The lowest BCUT2D eigenvalue weighted by molar-refractivity contribution is -0.135. The van der Waals surface area contributed by atoms with E-state index in [1.807, 2.05) is 60.7 Å². The second kappa shape index (κ2) is 10.5. The molecule has 2 saturated heterocycles. The van der Waals surface area contributed by atoms with Crippen molar-refractivity contribution in [1.82, 2.24) is 21.5 Å². The molecule has 2 heterocycles. The van der Waals surface area contributed by atoms with Crippen LogP contribution in [0.4, 0.5) is 0 Å². The number of amides is 4. The number of nitrogens with zero attached hydrogens (tertiary/aromatic N) is 2. The predicted molar refractivity (Wildman–Crippen MR) is 125 cm³/mol. The highest BCUT2D eigenvalue weighted by Crippen LogP contribution is 2.30. The number of hydrogen-bond donors (Lipinski definition) is 4. The van der Waals surface area contributed by atoms with Gasteiger partial charge in [0.2, 0.25) is 11.8 Å². The highest BCUT2D eigenvalue weighted by Gasteiger charge is 2.41. The third-order valence-corrected chi connectivity index (χ3v) is 5.95. The average Bonchev–Trinajstić information content (AvgIpc) is 3.44. The highest BCUT2D eigenvalue weighted by molar-refractivity contribution is 6.16. The Morgan fingerprint density at radius 3 is 1.47 bits per heavy atom. The van der Waals surface area contributed by atoms with Crippen molar-refractivity contribution in [2.75, 3.05) is 13.1 Å². The van der Waals surface area contributed by atoms with E-state index in [-0.39, 0.29) is 23.7 Å². The summed E-state index contributed by atoms with van der Waals surface area (Å²) in [5.41, 5.74) is 6.45. The summed E-state index contributed by atoms with van der Waals surface area (Å²) >= 11 is 0. The molecule has 4 rings (SSSR count). The quantitative estimate of drug-likeness (QED) is 0.267.